The second-order valence-corrected chi connectivity index (χ2v) is 7.96. The Bertz CT molecular complexity index is 1010. The predicted octanol–water partition coefficient (Wildman–Crippen LogP) is 4.84. The number of hydrogen-bond donors (Lipinski definition) is 2. The number of thioether (sulfide) groups is 1. The van der Waals surface area contributed by atoms with Gasteiger partial charge < -0.3 is 10.3 Å². The van der Waals surface area contributed by atoms with Crippen molar-refractivity contribution in [3.63, 3.8) is 0 Å². The highest BCUT2D eigenvalue weighted by atomic mass is 32.2. The minimum atomic E-state index is -0.465. The van der Waals surface area contributed by atoms with Crippen LogP contribution in [0.2, 0.25) is 0 Å². The summed E-state index contributed by atoms with van der Waals surface area (Å²) in [6.07, 6.45) is 5.37. The predicted molar refractivity (Wildman–Crippen MR) is 102 cm³/mol. The van der Waals surface area contributed by atoms with Gasteiger partial charge in [0, 0.05) is 28.3 Å². The lowest BCUT2D eigenvalue weighted by molar-refractivity contribution is 0.0860. The fraction of sp³-hybridized carbons (Fsp3) is 0.211. The van der Waals surface area contributed by atoms with Crippen LogP contribution < -0.4 is 5.32 Å². The minimum absolute atomic E-state index is 0.0560. The van der Waals surface area contributed by atoms with Gasteiger partial charge in [-0.25, -0.2) is 9.97 Å². The Hall–Kier alpha value is -2.60. The van der Waals surface area contributed by atoms with Crippen LogP contribution in [0.4, 0.5) is 5.69 Å². The van der Waals surface area contributed by atoms with Gasteiger partial charge in [0.05, 0.1) is 23.1 Å². The Morgan fingerprint density at radius 2 is 2.08 bits per heavy atom. The molecule has 0 amide bonds. The molecule has 25 heavy (non-hydrogen) atoms. The molecule has 2 aromatic heterocycles. The van der Waals surface area contributed by atoms with Gasteiger partial charge >= 0.3 is 0 Å². The molecule has 0 atom stereocenters. The van der Waals surface area contributed by atoms with Crippen LogP contribution in [0.1, 0.15) is 31.1 Å². The molecule has 0 spiro atoms. The molecule has 3 heterocycles. The number of nitrogens with one attached hydrogen (secondary N) is 2. The zero-order valence-electron chi connectivity index (χ0n) is 14.3. The summed E-state index contributed by atoms with van der Waals surface area (Å²) in [7, 11) is 0. The van der Waals surface area contributed by atoms with Crippen LogP contribution in [0.15, 0.2) is 47.1 Å². The summed E-state index contributed by atoms with van der Waals surface area (Å²) in [4.78, 5) is 26.0. The van der Waals surface area contributed by atoms with Crippen molar-refractivity contribution < 1.29 is 4.79 Å². The standard InChI is InChI=1S/C19H18N4OS/c1-19(2,3)17(24)12-9-21-18-16(12)23-14(10-22-18)11-4-5-13-15(8-11)25-7-6-20-13/h4-10,20H,1-3H3,(H,21,22). The van der Waals surface area contributed by atoms with Crippen LogP contribution in [0.25, 0.3) is 22.4 Å². The van der Waals surface area contributed by atoms with Crippen molar-refractivity contribution in [2.45, 2.75) is 25.7 Å². The maximum atomic E-state index is 12.7. The van der Waals surface area contributed by atoms with Crippen LogP contribution in [0.5, 0.6) is 0 Å². The van der Waals surface area contributed by atoms with Crippen LogP contribution in [0.3, 0.4) is 0 Å². The van der Waals surface area contributed by atoms with E-state index >= 15 is 0 Å². The molecule has 0 aliphatic carbocycles. The molecule has 0 bridgehead atoms. The van der Waals surface area contributed by atoms with Gasteiger partial charge in [0.15, 0.2) is 11.4 Å². The molecular formula is C19H18N4OS. The lowest BCUT2D eigenvalue weighted by atomic mass is 9.87. The first-order valence-corrected chi connectivity index (χ1v) is 8.93. The molecule has 2 N–H and O–H groups in total. The molecule has 0 fully saturated rings. The summed E-state index contributed by atoms with van der Waals surface area (Å²) < 4.78 is 0. The molecule has 126 valence electrons. The van der Waals surface area contributed by atoms with E-state index in [1.165, 1.54) is 0 Å². The molecular weight excluding hydrogens is 332 g/mol. The molecule has 3 aromatic rings. The third-order valence-electron chi connectivity index (χ3n) is 4.09. The highest BCUT2D eigenvalue weighted by Gasteiger charge is 2.26. The second-order valence-electron chi connectivity index (χ2n) is 7.01. The van der Waals surface area contributed by atoms with Crippen LogP contribution >= 0.6 is 11.8 Å². The highest BCUT2D eigenvalue weighted by molar-refractivity contribution is 8.02. The van der Waals surface area contributed by atoms with E-state index in [0.29, 0.717) is 16.7 Å². The van der Waals surface area contributed by atoms with Gasteiger partial charge in [-0.3, -0.25) is 4.79 Å². The van der Waals surface area contributed by atoms with Crippen LogP contribution in [-0.4, -0.2) is 20.7 Å². The van der Waals surface area contributed by atoms with Gasteiger partial charge in [0.1, 0.15) is 5.52 Å². The number of hydrogen-bond acceptors (Lipinski definition) is 5. The van der Waals surface area contributed by atoms with E-state index in [0.717, 1.165) is 21.8 Å². The van der Waals surface area contributed by atoms with Crippen LogP contribution in [0, 0.1) is 5.41 Å². The fourth-order valence-electron chi connectivity index (χ4n) is 2.74. The highest BCUT2D eigenvalue weighted by Crippen LogP contribution is 2.35. The Labute approximate surface area is 150 Å². The SMILES string of the molecule is CC(C)(C)C(=O)c1c[nH]c2ncc(-c3ccc4c(c3)SC=CN4)nc12. The maximum absolute atomic E-state index is 12.7. The van der Waals surface area contributed by atoms with E-state index in [1.54, 1.807) is 24.2 Å². The maximum Gasteiger partial charge on any atom is 0.171 e. The molecule has 0 radical (unpaired) electrons. The number of carbonyl (C=O) groups excluding carboxylic acids is 1. The third-order valence-corrected chi connectivity index (χ3v) is 4.95. The minimum Gasteiger partial charge on any atom is -0.360 e. The van der Waals surface area contributed by atoms with Crippen molar-refractivity contribution >= 4 is 34.4 Å². The van der Waals surface area contributed by atoms with E-state index in [1.807, 2.05) is 44.5 Å². The Kier molecular flexibility index (Phi) is 3.65. The first-order chi connectivity index (χ1) is 11.9. The number of nitrogens with zero attached hydrogens (tertiary/aromatic N) is 2. The first-order valence-electron chi connectivity index (χ1n) is 8.05. The molecule has 4 rings (SSSR count). The number of anilines is 1. The molecule has 0 saturated heterocycles. The Morgan fingerprint density at radius 1 is 1.24 bits per heavy atom. The zero-order valence-corrected chi connectivity index (χ0v) is 15.1. The number of carbonyl (C=O) groups is 1. The summed E-state index contributed by atoms with van der Waals surface area (Å²) >= 11 is 1.66. The van der Waals surface area contributed by atoms with E-state index in [4.69, 9.17) is 4.98 Å². The first kappa shape index (κ1) is 15.9. The summed E-state index contributed by atoms with van der Waals surface area (Å²) in [6.45, 7) is 5.73. The number of Topliss-reactive ketones (excluding diaryl/α,β-unsaturated/α-hetero) is 1. The van der Waals surface area contributed by atoms with Gasteiger partial charge in [0.25, 0.3) is 0 Å². The molecule has 1 aliphatic heterocycles. The van der Waals surface area contributed by atoms with E-state index in [2.05, 4.69) is 21.4 Å². The van der Waals surface area contributed by atoms with E-state index in [9.17, 15) is 4.79 Å². The normalized spacial score (nSPS) is 13.6. The second kappa shape index (κ2) is 5.74. The monoisotopic (exact) mass is 350 g/mol. The smallest absolute Gasteiger partial charge is 0.171 e. The van der Waals surface area contributed by atoms with Crippen molar-refractivity contribution in [3.8, 4) is 11.3 Å². The summed E-state index contributed by atoms with van der Waals surface area (Å²) in [6, 6.07) is 6.13. The summed E-state index contributed by atoms with van der Waals surface area (Å²) in [5, 5.41) is 5.23. The topological polar surface area (TPSA) is 70.7 Å². The number of fused-ring (bicyclic) bond motifs is 2. The number of benzene rings is 1. The summed E-state index contributed by atoms with van der Waals surface area (Å²) in [5.41, 5.74) is 4.20. The van der Waals surface area contributed by atoms with E-state index < -0.39 is 5.41 Å². The number of H-pyrrole nitrogens is 1. The molecule has 0 saturated carbocycles. The van der Waals surface area contributed by atoms with Crippen molar-refractivity contribution in [1.82, 2.24) is 15.0 Å². The molecule has 6 heteroatoms. The molecule has 1 aliphatic rings. The number of aromatic amines is 1. The van der Waals surface area contributed by atoms with Crippen molar-refractivity contribution in [2.24, 2.45) is 5.41 Å². The zero-order chi connectivity index (χ0) is 17.6. The third kappa shape index (κ3) is 2.82. The average molecular weight is 350 g/mol. The fourth-order valence-corrected chi connectivity index (χ4v) is 3.47. The van der Waals surface area contributed by atoms with Crippen molar-refractivity contribution in [3.05, 3.63) is 47.8 Å². The van der Waals surface area contributed by atoms with Crippen molar-refractivity contribution in [1.29, 1.82) is 0 Å². The van der Waals surface area contributed by atoms with E-state index in [-0.39, 0.29) is 5.78 Å². The number of ketones is 1. The van der Waals surface area contributed by atoms with Gasteiger partial charge in [-0.2, -0.15) is 0 Å². The van der Waals surface area contributed by atoms with Crippen molar-refractivity contribution in [2.75, 3.05) is 5.32 Å². The Morgan fingerprint density at radius 3 is 2.88 bits per heavy atom. The lowest BCUT2D eigenvalue weighted by Gasteiger charge is -2.15. The largest absolute Gasteiger partial charge is 0.360 e. The Balaban J connectivity index is 1.80. The van der Waals surface area contributed by atoms with Gasteiger partial charge in [-0.15, -0.1) is 0 Å². The average Bonchev–Trinajstić information content (AvgIpc) is 3.02. The number of aromatic nitrogens is 3. The van der Waals surface area contributed by atoms with Gasteiger partial charge in [-0.1, -0.05) is 38.6 Å². The molecule has 1 aromatic carbocycles. The van der Waals surface area contributed by atoms with Gasteiger partial charge in [-0.05, 0) is 17.5 Å². The summed E-state index contributed by atoms with van der Waals surface area (Å²) in [5.74, 6) is 0.0560. The quantitative estimate of drug-likeness (QED) is 0.647. The number of rotatable bonds is 2. The van der Waals surface area contributed by atoms with Gasteiger partial charge in [0.2, 0.25) is 0 Å². The molecule has 5 nitrogen and oxygen atoms in total. The molecule has 0 unspecified atom stereocenters. The van der Waals surface area contributed by atoms with Crippen LogP contribution in [-0.2, 0) is 0 Å². The lowest BCUT2D eigenvalue weighted by Crippen LogP contribution is -2.20.